The Morgan fingerprint density at radius 1 is 0.926 bits per heavy atom. The summed E-state index contributed by atoms with van der Waals surface area (Å²) in [6.07, 6.45) is 8.27. The van der Waals surface area contributed by atoms with Crippen LogP contribution < -0.4 is 4.90 Å². The van der Waals surface area contributed by atoms with E-state index in [1.54, 1.807) is 12.1 Å². The van der Waals surface area contributed by atoms with Gasteiger partial charge < -0.3 is 9.80 Å². The molecule has 5 nitrogen and oxygen atoms in total. The van der Waals surface area contributed by atoms with Gasteiger partial charge in [0.1, 0.15) is 0 Å². The summed E-state index contributed by atoms with van der Waals surface area (Å²) in [4.78, 5) is 17.8. The van der Waals surface area contributed by atoms with E-state index in [-0.39, 0.29) is 5.92 Å². The highest BCUT2D eigenvalue weighted by Crippen LogP contribution is 2.37. The van der Waals surface area contributed by atoms with Crippen molar-refractivity contribution in [2.45, 2.75) is 43.4 Å². The lowest BCUT2D eigenvalue weighted by molar-refractivity contribution is -0.135. The minimum atomic E-state index is -3.16. The number of amides is 1. The zero-order valence-corrected chi connectivity index (χ0v) is 17.0. The van der Waals surface area contributed by atoms with Gasteiger partial charge in [0.15, 0.2) is 9.84 Å². The Kier molecular flexibility index (Phi) is 5.19. The lowest BCUT2D eigenvalue weighted by Gasteiger charge is -2.34. The van der Waals surface area contributed by atoms with Gasteiger partial charge in [-0.05, 0) is 61.8 Å². The summed E-state index contributed by atoms with van der Waals surface area (Å²) in [5.74, 6) is 2.01. The number of likely N-dealkylation sites (tertiary alicyclic amines) is 1. The molecule has 1 aliphatic carbocycles. The third-order valence-corrected chi connectivity index (χ3v) is 7.89. The first-order valence-electron chi connectivity index (χ1n) is 10.3. The second-order valence-corrected chi connectivity index (χ2v) is 10.6. The van der Waals surface area contributed by atoms with Crippen LogP contribution in [0.2, 0.25) is 0 Å². The van der Waals surface area contributed by atoms with Crippen molar-refractivity contribution in [2.24, 2.45) is 17.8 Å². The third-order valence-electron chi connectivity index (χ3n) is 6.76. The van der Waals surface area contributed by atoms with Crippen LogP contribution in [0.1, 0.15) is 38.5 Å². The van der Waals surface area contributed by atoms with Crippen LogP contribution >= 0.6 is 0 Å². The first-order chi connectivity index (χ1) is 12.9. The molecule has 1 aromatic rings. The number of fused-ring (bicyclic) bond motifs is 1. The molecule has 3 aliphatic rings. The van der Waals surface area contributed by atoms with E-state index in [1.165, 1.54) is 31.9 Å². The standard InChI is InChI=1S/C21H30N2O3S/c1-27(25,26)20-8-6-19(7-9-20)22-12-10-16(11-13-22)21(24)23-14-17-4-2-3-5-18(17)15-23/h6-9,16-18H,2-5,10-15H2,1H3. The van der Waals surface area contributed by atoms with Gasteiger partial charge in [-0.2, -0.15) is 0 Å². The number of piperidine rings is 1. The van der Waals surface area contributed by atoms with Crippen molar-refractivity contribution in [1.82, 2.24) is 4.90 Å². The second-order valence-electron chi connectivity index (χ2n) is 8.58. The molecule has 0 spiro atoms. The number of sulfone groups is 1. The molecule has 148 valence electrons. The lowest BCUT2D eigenvalue weighted by Crippen LogP contribution is -2.42. The molecule has 0 aromatic heterocycles. The SMILES string of the molecule is CS(=O)(=O)c1ccc(N2CCC(C(=O)N3CC4CCCCC4C3)CC2)cc1. The van der Waals surface area contributed by atoms with Crippen molar-refractivity contribution >= 4 is 21.4 Å². The summed E-state index contributed by atoms with van der Waals surface area (Å²) in [5, 5.41) is 0. The van der Waals surface area contributed by atoms with E-state index in [0.29, 0.717) is 10.8 Å². The first-order valence-corrected chi connectivity index (χ1v) is 12.1. The molecule has 27 heavy (non-hydrogen) atoms. The van der Waals surface area contributed by atoms with Crippen molar-refractivity contribution in [1.29, 1.82) is 0 Å². The summed E-state index contributed by atoms with van der Waals surface area (Å²) in [5.41, 5.74) is 1.04. The number of anilines is 1. The fourth-order valence-corrected chi connectivity index (χ4v) is 5.76. The van der Waals surface area contributed by atoms with E-state index in [2.05, 4.69) is 9.80 Å². The molecule has 1 amide bonds. The van der Waals surface area contributed by atoms with E-state index in [4.69, 9.17) is 0 Å². The summed E-state index contributed by atoms with van der Waals surface area (Å²) in [6.45, 7) is 3.68. The highest BCUT2D eigenvalue weighted by Gasteiger charge is 2.39. The topological polar surface area (TPSA) is 57.7 Å². The minimum absolute atomic E-state index is 0.150. The van der Waals surface area contributed by atoms with Crippen LogP contribution in [-0.2, 0) is 14.6 Å². The molecule has 2 saturated heterocycles. The number of hydrogen-bond acceptors (Lipinski definition) is 4. The smallest absolute Gasteiger partial charge is 0.225 e. The number of nitrogens with zero attached hydrogens (tertiary/aromatic N) is 2. The molecule has 0 bridgehead atoms. The predicted molar refractivity (Wildman–Crippen MR) is 107 cm³/mol. The molecule has 6 heteroatoms. The summed E-state index contributed by atoms with van der Waals surface area (Å²) < 4.78 is 23.2. The molecule has 0 N–H and O–H groups in total. The maximum atomic E-state index is 13.0. The fourth-order valence-electron chi connectivity index (χ4n) is 5.13. The van der Waals surface area contributed by atoms with Crippen molar-refractivity contribution in [3.63, 3.8) is 0 Å². The van der Waals surface area contributed by atoms with Crippen molar-refractivity contribution < 1.29 is 13.2 Å². The zero-order valence-electron chi connectivity index (χ0n) is 16.1. The van der Waals surface area contributed by atoms with Gasteiger partial charge in [-0.3, -0.25) is 4.79 Å². The number of carbonyl (C=O) groups is 1. The highest BCUT2D eigenvalue weighted by atomic mass is 32.2. The molecule has 2 atom stereocenters. The van der Waals surface area contributed by atoms with Crippen LogP contribution in [0.15, 0.2) is 29.2 Å². The van der Waals surface area contributed by atoms with Gasteiger partial charge in [0, 0.05) is 44.0 Å². The van der Waals surface area contributed by atoms with Gasteiger partial charge >= 0.3 is 0 Å². The fraction of sp³-hybridized carbons (Fsp3) is 0.667. The highest BCUT2D eigenvalue weighted by molar-refractivity contribution is 7.90. The van der Waals surface area contributed by atoms with Crippen LogP contribution in [0.5, 0.6) is 0 Å². The Labute approximate surface area is 162 Å². The van der Waals surface area contributed by atoms with Crippen LogP contribution in [0.25, 0.3) is 0 Å². The van der Waals surface area contributed by atoms with Gasteiger partial charge in [-0.25, -0.2) is 8.42 Å². The largest absolute Gasteiger partial charge is 0.371 e. The predicted octanol–water partition coefficient (Wildman–Crippen LogP) is 2.96. The Balaban J connectivity index is 1.33. The van der Waals surface area contributed by atoms with Crippen LogP contribution in [-0.4, -0.2) is 51.7 Å². The molecular formula is C21H30N2O3S. The monoisotopic (exact) mass is 390 g/mol. The van der Waals surface area contributed by atoms with Gasteiger partial charge in [0.2, 0.25) is 5.91 Å². The van der Waals surface area contributed by atoms with Crippen LogP contribution in [0.3, 0.4) is 0 Å². The van der Waals surface area contributed by atoms with Crippen molar-refractivity contribution in [3.8, 4) is 0 Å². The van der Waals surface area contributed by atoms with Gasteiger partial charge in [0.05, 0.1) is 4.90 Å². The zero-order chi connectivity index (χ0) is 19.0. The van der Waals surface area contributed by atoms with Gasteiger partial charge in [0.25, 0.3) is 0 Å². The number of benzene rings is 1. The Hall–Kier alpha value is -1.56. The Morgan fingerprint density at radius 3 is 2.00 bits per heavy atom. The lowest BCUT2D eigenvalue weighted by atomic mass is 9.82. The molecule has 2 aliphatic heterocycles. The van der Waals surface area contributed by atoms with Gasteiger partial charge in [-0.1, -0.05) is 12.8 Å². The maximum absolute atomic E-state index is 13.0. The molecule has 1 aromatic carbocycles. The van der Waals surface area contributed by atoms with Gasteiger partial charge in [-0.15, -0.1) is 0 Å². The molecule has 3 fully saturated rings. The molecular weight excluding hydrogens is 360 g/mol. The number of carbonyl (C=O) groups excluding carboxylic acids is 1. The van der Waals surface area contributed by atoms with Crippen LogP contribution in [0, 0.1) is 17.8 Å². The van der Waals surface area contributed by atoms with E-state index in [0.717, 1.165) is 56.5 Å². The minimum Gasteiger partial charge on any atom is -0.371 e. The second kappa shape index (κ2) is 7.46. The van der Waals surface area contributed by atoms with E-state index in [9.17, 15) is 13.2 Å². The Morgan fingerprint density at radius 2 is 1.48 bits per heavy atom. The summed E-state index contributed by atoms with van der Waals surface area (Å²) in [7, 11) is -3.16. The molecule has 2 heterocycles. The van der Waals surface area contributed by atoms with E-state index >= 15 is 0 Å². The quantitative estimate of drug-likeness (QED) is 0.796. The van der Waals surface area contributed by atoms with E-state index in [1.807, 2.05) is 12.1 Å². The first kappa shape index (κ1) is 18.8. The van der Waals surface area contributed by atoms with E-state index < -0.39 is 9.84 Å². The van der Waals surface area contributed by atoms with Crippen molar-refractivity contribution in [3.05, 3.63) is 24.3 Å². The summed E-state index contributed by atoms with van der Waals surface area (Å²) >= 11 is 0. The summed E-state index contributed by atoms with van der Waals surface area (Å²) in [6, 6.07) is 7.11. The molecule has 1 saturated carbocycles. The van der Waals surface area contributed by atoms with Crippen molar-refractivity contribution in [2.75, 3.05) is 37.3 Å². The van der Waals surface area contributed by atoms with Crippen LogP contribution in [0.4, 0.5) is 5.69 Å². The Bertz CT molecular complexity index is 768. The maximum Gasteiger partial charge on any atom is 0.225 e. The molecule has 2 unspecified atom stereocenters. The molecule has 4 rings (SSSR count). The average molecular weight is 391 g/mol. The third kappa shape index (κ3) is 4.00. The number of hydrogen-bond donors (Lipinski definition) is 0. The average Bonchev–Trinajstić information content (AvgIpc) is 3.11. The normalized spacial score (nSPS) is 26.9. The number of rotatable bonds is 3. The molecule has 0 radical (unpaired) electrons.